The topological polar surface area (TPSA) is 17.1 Å². The lowest BCUT2D eigenvalue weighted by Crippen LogP contribution is -2.07. The Bertz CT molecular complexity index is 448. The third-order valence-corrected chi connectivity index (χ3v) is 4.42. The van der Waals surface area contributed by atoms with Crippen LogP contribution in [0.5, 0.6) is 0 Å². The van der Waals surface area contributed by atoms with Gasteiger partial charge < -0.3 is 0 Å². The molecule has 0 spiro atoms. The predicted octanol–water partition coefficient (Wildman–Crippen LogP) is 4.89. The molecule has 1 unspecified atom stereocenters. The van der Waals surface area contributed by atoms with Crippen LogP contribution in [0.15, 0.2) is 28.0 Å². The largest absolute Gasteiger partial charge is 0.446 e. The van der Waals surface area contributed by atoms with Gasteiger partial charge in [0.2, 0.25) is 0 Å². The minimum absolute atomic E-state index is 0.00713. The maximum atomic E-state index is 12.5. The normalized spacial score (nSPS) is 13.4. The van der Waals surface area contributed by atoms with Crippen LogP contribution in [0.3, 0.4) is 0 Å². The van der Waals surface area contributed by atoms with Crippen molar-refractivity contribution >= 4 is 40.9 Å². The van der Waals surface area contributed by atoms with E-state index in [1.54, 1.807) is 18.4 Å². The Balaban J connectivity index is 3.29. The summed E-state index contributed by atoms with van der Waals surface area (Å²) in [5, 5.41) is -1.05. The number of Topliss-reactive ketones (excluding diaryl/α,β-unsaturated/α-hetero) is 1. The van der Waals surface area contributed by atoms with Crippen molar-refractivity contribution in [1.82, 2.24) is 0 Å². The molecule has 1 aromatic carbocycles. The second kappa shape index (κ2) is 6.21. The summed E-state index contributed by atoms with van der Waals surface area (Å²) >= 11 is 6.82. The van der Waals surface area contributed by atoms with Gasteiger partial charge in [0.1, 0.15) is 5.38 Å². The quantitative estimate of drug-likeness (QED) is 0.582. The van der Waals surface area contributed by atoms with E-state index in [0.29, 0.717) is 4.90 Å². The van der Waals surface area contributed by atoms with E-state index < -0.39 is 10.9 Å². The third-order valence-electron chi connectivity index (χ3n) is 2.08. The highest BCUT2D eigenvalue weighted by Crippen LogP contribution is 2.45. The van der Waals surface area contributed by atoms with E-state index in [1.165, 1.54) is 24.8 Å². The van der Waals surface area contributed by atoms with Crippen molar-refractivity contribution in [3.8, 4) is 0 Å². The molecule has 1 rings (SSSR count). The van der Waals surface area contributed by atoms with Crippen LogP contribution in [-0.2, 0) is 4.79 Å². The van der Waals surface area contributed by atoms with E-state index in [9.17, 15) is 18.0 Å². The Labute approximate surface area is 116 Å². The summed E-state index contributed by atoms with van der Waals surface area (Å²) in [6.45, 7) is 1.26. The van der Waals surface area contributed by atoms with Crippen molar-refractivity contribution in [3.63, 3.8) is 0 Å². The zero-order valence-corrected chi connectivity index (χ0v) is 11.9. The van der Waals surface area contributed by atoms with E-state index in [1.807, 2.05) is 0 Å². The van der Waals surface area contributed by atoms with Crippen LogP contribution in [0.2, 0.25) is 0 Å². The predicted molar refractivity (Wildman–Crippen MR) is 69.4 cm³/mol. The molecule has 7 heteroatoms. The number of hydrogen-bond donors (Lipinski definition) is 0. The van der Waals surface area contributed by atoms with Gasteiger partial charge in [0.05, 0.1) is 0 Å². The summed E-state index contributed by atoms with van der Waals surface area (Å²) in [6.07, 6.45) is 1.68. The van der Waals surface area contributed by atoms with E-state index in [2.05, 4.69) is 0 Å². The smallest absolute Gasteiger partial charge is 0.298 e. The number of ketones is 1. The van der Waals surface area contributed by atoms with Gasteiger partial charge in [-0.2, -0.15) is 13.2 Å². The van der Waals surface area contributed by atoms with Gasteiger partial charge in [0, 0.05) is 9.79 Å². The molecule has 0 N–H and O–H groups in total. The molecule has 0 saturated carbocycles. The Morgan fingerprint density at radius 3 is 2.44 bits per heavy atom. The standard InChI is InChI=1S/C11H10ClF3OS2/c1-6(16)9(12)7-4-3-5-8(17-2)10(7)18-11(13,14)15/h3-5,9H,1-2H3. The van der Waals surface area contributed by atoms with Gasteiger partial charge in [0.25, 0.3) is 0 Å². The van der Waals surface area contributed by atoms with Gasteiger partial charge in [-0.3, -0.25) is 4.79 Å². The molecule has 0 aliphatic carbocycles. The van der Waals surface area contributed by atoms with Gasteiger partial charge in [0.15, 0.2) is 5.78 Å². The van der Waals surface area contributed by atoms with Crippen molar-refractivity contribution in [2.75, 3.05) is 6.26 Å². The summed E-state index contributed by atoms with van der Waals surface area (Å²) in [5.41, 5.74) is -4.20. The Kier molecular flexibility index (Phi) is 5.43. The lowest BCUT2D eigenvalue weighted by Gasteiger charge is -2.16. The number of carbonyl (C=O) groups excluding carboxylic acids is 1. The van der Waals surface area contributed by atoms with Crippen molar-refractivity contribution in [3.05, 3.63) is 23.8 Å². The fraction of sp³-hybridized carbons (Fsp3) is 0.364. The van der Waals surface area contributed by atoms with Crippen molar-refractivity contribution < 1.29 is 18.0 Å². The van der Waals surface area contributed by atoms with E-state index in [4.69, 9.17) is 11.6 Å². The molecule has 0 fully saturated rings. The number of hydrogen-bond acceptors (Lipinski definition) is 3. The monoisotopic (exact) mass is 314 g/mol. The fourth-order valence-electron chi connectivity index (χ4n) is 1.34. The molecule has 0 heterocycles. The van der Waals surface area contributed by atoms with Crippen molar-refractivity contribution in [1.29, 1.82) is 0 Å². The Hall–Kier alpha value is -0.330. The fourth-order valence-corrected chi connectivity index (χ4v) is 3.18. The number of halogens is 4. The maximum Gasteiger partial charge on any atom is 0.446 e. The van der Waals surface area contributed by atoms with E-state index in [-0.39, 0.29) is 28.0 Å². The Morgan fingerprint density at radius 1 is 1.39 bits per heavy atom. The molecule has 1 atom stereocenters. The summed E-state index contributed by atoms with van der Waals surface area (Å²) in [4.78, 5) is 11.7. The summed E-state index contributed by atoms with van der Waals surface area (Å²) in [5.74, 6) is -0.376. The third kappa shape index (κ3) is 4.10. The molecule has 100 valence electrons. The molecule has 1 nitrogen and oxygen atoms in total. The van der Waals surface area contributed by atoms with Gasteiger partial charge in [-0.15, -0.1) is 23.4 Å². The number of carbonyl (C=O) groups is 1. The molecule has 0 aromatic heterocycles. The van der Waals surface area contributed by atoms with E-state index >= 15 is 0 Å². The van der Waals surface area contributed by atoms with Crippen LogP contribution in [-0.4, -0.2) is 17.5 Å². The maximum absolute atomic E-state index is 12.5. The Morgan fingerprint density at radius 2 is 2.00 bits per heavy atom. The molecule has 18 heavy (non-hydrogen) atoms. The number of rotatable bonds is 4. The van der Waals surface area contributed by atoms with Crippen LogP contribution in [0.1, 0.15) is 17.9 Å². The molecule has 0 aliphatic rings. The second-order valence-corrected chi connectivity index (χ2v) is 5.76. The molecule has 0 saturated heterocycles. The SMILES string of the molecule is CSc1cccc(C(Cl)C(C)=O)c1SC(F)(F)F. The molecule has 0 radical (unpaired) electrons. The minimum atomic E-state index is -4.41. The van der Waals surface area contributed by atoms with Gasteiger partial charge in [-0.1, -0.05) is 12.1 Å². The first-order valence-electron chi connectivity index (χ1n) is 4.83. The first kappa shape index (κ1) is 15.7. The summed E-state index contributed by atoms with van der Waals surface area (Å²) in [7, 11) is 0. The van der Waals surface area contributed by atoms with Gasteiger partial charge in [-0.25, -0.2) is 0 Å². The van der Waals surface area contributed by atoms with Crippen molar-refractivity contribution in [2.24, 2.45) is 0 Å². The van der Waals surface area contributed by atoms with E-state index in [0.717, 1.165) is 0 Å². The first-order chi connectivity index (χ1) is 8.26. The second-order valence-electron chi connectivity index (χ2n) is 3.40. The summed E-state index contributed by atoms with van der Waals surface area (Å²) in [6, 6.07) is 4.62. The van der Waals surface area contributed by atoms with Crippen molar-refractivity contribution in [2.45, 2.75) is 27.6 Å². The number of alkyl halides is 4. The highest BCUT2D eigenvalue weighted by molar-refractivity contribution is 8.02. The first-order valence-corrected chi connectivity index (χ1v) is 7.31. The lowest BCUT2D eigenvalue weighted by molar-refractivity contribution is -0.116. The highest BCUT2D eigenvalue weighted by atomic mass is 35.5. The molecule has 0 amide bonds. The highest BCUT2D eigenvalue weighted by Gasteiger charge is 2.33. The molecular weight excluding hydrogens is 305 g/mol. The van der Waals surface area contributed by atoms with Gasteiger partial charge in [-0.05, 0) is 36.6 Å². The minimum Gasteiger partial charge on any atom is -0.298 e. The number of thioether (sulfide) groups is 2. The number of benzene rings is 1. The van der Waals surface area contributed by atoms with Crippen LogP contribution < -0.4 is 0 Å². The lowest BCUT2D eigenvalue weighted by atomic mass is 10.1. The summed E-state index contributed by atoms with van der Waals surface area (Å²) < 4.78 is 37.6. The zero-order chi connectivity index (χ0) is 13.9. The average Bonchev–Trinajstić information content (AvgIpc) is 2.26. The van der Waals surface area contributed by atoms with Crippen LogP contribution in [0.4, 0.5) is 13.2 Å². The van der Waals surface area contributed by atoms with Gasteiger partial charge >= 0.3 is 5.51 Å². The molecule has 1 aromatic rings. The molecule has 0 bridgehead atoms. The van der Waals surface area contributed by atoms with Crippen LogP contribution in [0.25, 0.3) is 0 Å². The molecular formula is C11H10ClF3OS2. The zero-order valence-electron chi connectivity index (χ0n) is 9.55. The average molecular weight is 315 g/mol. The van der Waals surface area contributed by atoms with Crippen LogP contribution >= 0.6 is 35.1 Å². The molecule has 0 aliphatic heterocycles. The van der Waals surface area contributed by atoms with Crippen LogP contribution in [0, 0.1) is 0 Å².